The molecule has 2 nitrogen and oxygen atoms in total. The minimum absolute atomic E-state index is 0.245. The predicted molar refractivity (Wildman–Crippen MR) is 84.6 cm³/mol. The Hall–Kier alpha value is -0.860. The van der Waals surface area contributed by atoms with Gasteiger partial charge in [0.25, 0.3) is 0 Å². The molecule has 1 unspecified atom stereocenters. The van der Waals surface area contributed by atoms with Gasteiger partial charge < -0.3 is 11.1 Å². The van der Waals surface area contributed by atoms with Crippen LogP contribution in [-0.4, -0.2) is 19.6 Å². The van der Waals surface area contributed by atoms with Gasteiger partial charge in [0.05, 0.1) is 0 Å². The minimum atomic E-state index is 0.245. The van der Waals surface area contributed by atoms with Crippen molar-refractivity contribution in [2.45, 2.75) is 46.0 Å². The molecule has 0 aliphatic carbocycles. The van der Waals surface area contributed by atoms with Crippen molar-refractivity contribution in [2.75, 3.05) is 19.6 Å². The zero-order chi connectivity index (χ0) is 14.3. The topological polar surface area (TPSA) is 38.0 Å². The third-order valence-corrected chi connectivity index (χ3v) is 3.63. The van der Waals surface area contributed by atoms with E-state index in [1.54, 1.807) is 0 Å². The molecule has 0 spiro atoms. The molecule has 1 aromatic rings. The van der Waals surface area contributed by atoms with E-state index in [4.69, 9.17) is 5.73 Å². The van der Waals surface area contributed by atoms with Gasteiger partial charge in [-0.15, -0.1) is 0 Å². The van der Waals surface area contributed by atoms with E-state index in [2.05, 4.69) is 57.3 Å². The lowest BCUT2D eigenvalue weighted by Gasteiger charge is -2.19. The van der Waals surface area contributed by atoms with Crippen LogP contribution in [0.15, 0.2) is 24.3 Å². The molecule has 0 aliphatic rings. The highest BCUT2D eigenvalue weighted by Crippen LogP contribution is 2.22. The van der Waals surface area contributed by atoms with E-state index >= 15 is 0 Å². The molecule has 0 radical (unpaired) electrons. The quantitative estimate of drug-likeness (QED) is 0.741. The Morgan fingerprint density at radius 2 is 1.74 bits per heavy atom. The van der Waals surface area contributed by atoms with Gasteiger partial charge in [0.2, 0.25) is 0 Å². The van der Waals surface area contributed by atoms with E-state index in [1.165, 1.54) is 17.5 Å². The standard InChI is InChI=1S/C17H30N2/c1-14(13-18)9-11-19-12-10-15-5-7-16(8-6-15)17(2,3)4/h5-8,14,19H,9-13,18H2,1-4H3. The summed E-state index contributed by atoms with van der Waals surface area (Å²) in [5, 5.41) is 3.49. The van der Waals surface area contributed by atoms with Gasteiger partial charge in [-0.3, -0.25) is 0 Å². The van der Waals surface area contributed by atoms with Gasteiger partial charge in [-0.1, -0.05) is 52.0 Å². The Bertz CT molecular complexity index is 349. The van der Waals surface area contributed by atoms with Gasteiger partial charge in [0.1, 0.15) is 0 Å². The van der Waals surface area contributed by atoms with Crippen molar-refractivity contribution >= 4 is 0 Å². The fourth-order valence-electron chi connectivity index (χ4n) is 2.00. The molecule has 19 heavy (non-hydrogen) atoms. The molecule has 0 bridgehead atoms. The zero-order valence-corrected chi connectivity index (χ0v) is 13.0. The Kier molecular flexibility index (Phi) is 6.53. The summed E-state index contributed by atoms with van der Waals surface area (Å²) in [7, 11) is 0. The van der Waals surface area contributed by atoms with Crippen molar-refractivity contribution in [1.82, 2.24) is 5.32 Å². The molecule has 0 fully saturated rings. The molecule has 0 aromatic heterocycles. The minimum Gasteiger partial charge on any atom is -0.330 e. The highest BCUT2D eigenvalue weighted by Gasteiger charge is 2.12. The van der Waals surface area contributed by atoms with Crippen molar-refractivity contribution in [3.63, 3.8) is 0 Å². The second-order valence-electron chi connectivity index (χ2n) is 6.58. The van der Waals surface area contributed by atoms with E-state index in [0.29, 0.717) is 5.92 Å². The van der Waals surface area contributed by atoms with E-state index in [0.717, 1.165) is 26.1 Å². The van der Waals surface area contributed by atoms with Gasteiger partial charge >= 0.3 is 0 Å². The normalized spacial score (nSPS) is 13.5. The van der Waals surface area contributed by atoms with Gasteiger partial charge in [-0.25, -0.2) is 0 Å². The maximum absolute atomic E-state index is 5.60. The number of hydrogen-bond donors (Lipinski definition) is 2. The second-order valence-corrected chi connectivity index (χ2v) is 6.58. The summed E-state index contributed by atoms with van der Waals surface area (Å²) < 4.78 is 0. The number of hydrogen-bond acceptors (Lipinski definition) is 2. The molecule has 2 heteroatoms. The molecular weight excluding hydrogens is 232 g/mol. The molecule has 0 amide bonds. The Morgan fingerprint density at radius 3 is 2.26 bits per heavy atom. The van der Waals surface area contributed by atoms with Crippen LogP contribution in [0.2, 0.25) is 0 Å². The summed E-state index contributed by atoms with van der Waals surface area (Å²) in [6, 6.07) is 9.02. The predicted octanol–water partition coefficient (Wildman–Crippen LogP) is 3.10. The summed E-state index contributed by atoms with van der Waals surface area (Å²) in [5.74, 6) is 0.624. The molecular formula is C17H30N2. The molecule has 0 saturated carbocycles. The first kappa shape index (κ1) is 16.2. The number of nitrogens with one attached hydrogen (secondary N) is 1. The molecule has 0 aliphatic heterocycles. The maximum Gasteiger partial charge on any atom is -0.000835 e. The molecule has 1 aromatic carbocycles. The van der Waals surface area contributed by atoms with E-state index in [-0.39, 0.29) is 5.41 Å². The zero-order valence-electron chi connectivity index (χ0n) is 13.0. The molecule has 0 saturated heterocycles. The fourth-order valence-corrected chi connectivity index (χ4v) is 2.00. The van der Waals surface area contributed by atoms with Crippen molar-refractivity contribution < 1.29 is 0 Å². The number of benzene rings is 1. The summed E-state index contributed by atoms with van der Waals surface area (Å²) in [5.41, 5.74) is 8.66. The lowest BCUT2D eigenvalue weighted by Crippen LogP contribution is -2.22. The highest BCUT2D eigenvalue weighted by atomic mass is 14.8. The number of nitrogens with two attached hydrogens (primary N) is 1. The summed E-state index contributed by atoms with van der Waals surface area (Å²) in [4.78, 5) is 0. The molecule has 108 valence electrons. The molecule has 1 atom stereocenters. The van der Waals surface area contributed by atoms with E-state index in [9.17, 15) is 0 Å². The molecule has 0 heterocycles. The van der Waals surface area contributed by atoms with Crippen LogP contribution in [0, 0.1) is 5.92 Å². The summed E-state index contributed by atoms with van der Waals surface area (Å²) >= 11 is 0. The van der Waals surface area contributed by atoms with Crippen molar-refractivity contribution in [3.8, 4) is 0 Å². The van der Waals surface area contributed by atoms with Crippen LogP contribution in [0.4, 0.5) is 0 Å². The molecule has 3 N–H and O–H groups in total. The molecule has 1 rings (SSSR count). The lowest BCUT2D eigenvalue weighted by molar-refractivity contribution is 0.511. The van der Waals surface area contributed by atoms with Gasteiger partial charge in [-0.2, -0.15) is 0 Å². The Balaban J connectivity index is 2.27. The van der Waals surface area contributed by atoms with E-state index in [1.807, 2.05) is 0 Å². The van der Waals surface area contributed by atoms with Crippen LogP contribution in [0.3, 0.4) is 0 Å². The fraction of sp³-hybridized carbons (Fsp3) is 0.647. The van der Waals surface area contributed by atoms with Crippen LogP contribution >= 0.6 is 0 Å². The van der Waals surface area contributed by atoms with Crippen LogP contribution in [0.5, 0.6) is 0 Å². The largest absolute Gasteiger partial charge is 0.330 e. The summed E-state index contributed by atoms with van der Waals surface area (Å²) in [6.45, 7) is 11.9. The average Bonchev–Trinajstić information content (AvgIpc) is 2.37. The smallest absolute Gasteiger partial charge is 0.000835 e. The first-order valence-electron chi connectivity index (χ1n) is 7.43. The SMILES string of the molecule is CC(CN)CCNCCc1ccc(C(C)(C)C)cc1. The van der Waals surface area contributed by atoms with Crippen LogP contribution < -0.4 is 11.1 Å². The Morgan fingerprint density at radius 1 is 1.11 bits per heavy atom. The van der Waals surface area contributed by atoms with Crippen molar-refractivity contribution in [2.24, 2.45) is 11.7 Å². The summed E-state index contributed by atoms with van der Waals surface area (Å²) in [6.07, 6.45) is 2.26. The van der Waals surface area contributed by atoms with Crippen LogP contribution in [0.1, 0.15) is 45.2 Å². The van der Waals surface area contributed by atoms with Crippen LogP contribution in [-0.2, 0) is 11.8 Å². The van der Waals surface area contributed by atoms with Crippen molar-refractivity contribution in [1.29, 1.82) is 0 Å². The maximum atomic E-state index is 5.60. The van der Waals surface area contributed by atoms with Gasteiger partial charge in [0.15, 0.2) is 0 Å². The van der Waals surface area contributed by atoms with Crippen molar-refractivity contribution in [3.05, 3.63) is 35.4 Å². The monoisotopic (exact) mass is 262 g/mol. The van der Waals surface area contributed by atoms with Gasteiger partial charge in [-0.05, 0) is 54.9 Å². The third kappa shape index (κ3) is 6.22. The van der Waals surface area contributed by atoms with Gasteiger partial charge in [0, 0.05) is 0 Å². The second kappa shape index (κ2) is 7.66. The van der Waals surface area contributed by atoms with E-state index < -0.39 is 0 Å². The third-order valence-electron chi connectivity index (χ3n) is 3.63. The lowest BCUT2D eigenvalue weighted by atomic mass is 9.86. The first-order chi connectivity index (χ1) is 8.93. The Labute approximate surface area is 118 Å². The highest BCUT2D eigenvalue weighted by molar-refractivity contribution is 5.27. The average molecular weight is 262 g/mol. The number of rotatable bonds is 7. The first-order valence-corrected chi connectivity index (χ1v) is 7.43. The van der Waals surface area contributed by atoms with Crippen LogP contribution in [0.25, 0.3) is 0 Å².